The van der Waals surface area contributed by atoms with Gasteiger partial charge in [0.15, 0.2) is 11.6 Å². The second-order valence-electron chi connectivity index (χ2n) is 4.79. The minimum absolute atomic E-state index is 0.112. The van der Waals surface area contributed by atoms with Gasteiger partial charge >= 0.3 is 6.18 Å². The topological polar surface area (TPSA) is 53.9 Å². The first-order chi connectivity index (χ1) is 10.4. The Morgan fingerprint density at radius 1 is 1.32 bits per heavy atom. The van der Waals surface area contributed by atoms with E-state index in [2.05, 4.69) is 20.5 Å². The third-order valence-corrected chi connectivity index (χ3v) is 4.12. The number of alkyl halides is 3. The van der Waals surface area contributed by atoms with Crippen molar-refractivity contribution in [3.05, 3.63) is 29.2 Å². The molecular weight excluding hydrogens is 322 g/mol. The van der Waals surface area contributed by atoms with Crippen LogP contribution in [0, 0.1) is 5.82 Å². The molecule has 1 N–H and O–H groups in total. The zero-order valence-electron chi connectivity index (χ0n) is 11.1. The molecule has 0 saturated carbocycles. The van der Waals surface area contributed by atoms with Crippen molar-refractivity contribution in [1.29, 1.82) is 0 Å². The van der Waals surface area contributed by atoms with Crippen molar-refractivity contribution in [2.45, 2.75) is 18.6 Å². The van der Waals surface area contributed by atoms with Gasteiger partial charge in [0.25, 0.3) is 0 Å². The number of halogens is 4. The lowest BCUT2D eigenvalue weighted by Crippen LogP contribution is -2.27. The van der Waals surface area contributed by atoms with E-state index in [9.17, 15) is 17.6 Å². The van der Waals surface area contributed by atoms with E-state index in [1.807, 2.05) is 0 Å². The normalized spacial score (nSPS) is 18.7. The van der Waals surface area contributed by atoms with Crippen LogP contribution in [0.1, 0.15) is 11.4 Å². The highest BCUT2D eigenvalue weighted by Gasteiger charge is 2.36. The van der Waals surface area contributed by atoms with Crippen molar-refractivity contribution in [2.24, 2.45) is 0 Å². The molecule has 1 fully saturated rings. The summed E-state index contributed by atoms with van der Waals surface area (Å²) in [6.45, 7) is 1.01. The third-order valence-electron chi connectivity index (χ3n) is 3.22. The second kappa shape index (κ2) is 5.67. The Morgan fingerprint density at radius 2 is 2.14 bits per heavy atom. The summed E-state index contributed by atoms with van der Waals surface area (Å²) in [5.74, 6) is -0.168. The maximum atomic E-state index is 13.7. The van der Waals surface area contributed by atoms with Crippen LogP contribution in [-0.2, 0) is 6.18 Å². The van der Waals surface area contributed by atoms with Crippen LogP contribution >= 0.6 is 11.3 Å². The summed E-state index contributed by atoms with van der Waals surface area (Å²) < 4.78 is 51.1. The molecule has 0 spiro atoms. The van der Waals surface area contributed by atoms with Gasteiger partial charge in [-0.05, 0) is 18.6 Å². The molecule has 1 saturated heterocycles. The zero-order valence-corrected chi connectivity index (χ0v) is 12.0. The number of rotatable bonds is 3. The highest BCUT2D eigenvalue weighted by Crippen LogP contribution is 2.33. The molecule has 2 aromatic rings. The number of hydrogen-bond donors (Lipinski definition) is 1. The maximum Gasteiger partial charge on any atom is 0.445 e. The number of aromatic nitrogens is 3. The Bertz CT molecular complexity index is 659. The average molecular weight is 333 g/mol. The molecular formula is C12H11F4N5S. The van der Waals surface area contributed by atoms with Crippen LogP contribution in [0.25, 0.3) is 0 Å². The van der Waals surface area contributed by atoms with Crippen LogP contribution in [0.4, 0.5) is 28.5 Å². The van der Waals surface area contributed by atoms with Gasteiger partial charge in [-0.2, -0.15) is 13.2 Å². The summed E-state index contributed by atoms with van der Waals surface area (Å²) >= 11 is 0.460. The van der Waals surface area contributed by atoms with Crippen molar-refractivity contribution in [3.8, 4) is 0 Å². The van der Waals surface area contributed by atoms with Crippen LogP contribution in [-0.4, -0.2) is 34.3 Å². The fourth-order valence-corrected chi connectivity index (χ4v) is 2.94. The van der Waals surface area contributed by atoms with E-state index in [4.69, 9.17) is 0 Å². The lowest BCUT2D eigenvalue weighted by molar-refractivity contribution is -0.138. The molecule has 22 heavy (non-hydrogen) atoms. The van der Waals surface area contributed by atoms with Gasteiger partial charge in [-0.25, -0.2) is 9.37 Å². The summed E-state index contributed by atoms with van der Waals surface area (Å²) in [6, 6.07) is 2.70. The molecule has 0 aromatic carbocycles. The van der Waals surface area contributed by atoms with Gasteiger partial charge in [0.05, 0.1) is 0 Å². The van der Waals surface area contributed by atoms with Gasteiger partial charge in [-0.3, -0.25) is 0 Å². The molecule has 1 aliphatic heterocycles. The fraction of sp³-hybridized carbons (Fsp3) is 0.417. The van der Waals surface area contributed by atoms with Crippen LogP contribution < -0.4 is 10.2 Å². The number of anilines is 2. The summed E-state index contributed by atoms with van der Waals surface area (Å²) in [7, 11) is 0. The van der Waals surface area contributed by atoms with Crippen molar-refractivity contribution in [1.82, 2.24) is 15.2 Å². The molecule has 3 heterocycles. The summed E-state index contributed by atoms with van der Waals surface area (Å²) in [5.41, 5.74) is 0. The minimum atomic E-state index is -4.49. The predicted molar refractivity (Wildman–Crippen MR) is 73.3 cm³/mol. The Kier molecular flexibility index (Phi) is 3.85. The predicted octanol–water partition coefficient (Wildman–Crippen LogP) is 2.78. The summed E-state index contributed by atoms with van der Waals surface area (Å²) in [4.78, 5) is 5.74. The van der Waals surface area contributed by atoms with Crippen molar-refractivity contribution < 1.29 is 17.6 Å². The smallest absolute Gasteiger partial charge is 0.355 e. The molecule has 0 radical (unpaired) electrons. The number of hydrogen-bond acceptors (Lipinski definition) is 6. The first kappa shape index (κ1) is 14.9. The number of pyridine rings is 1. The Hall–Kier alpha value is -1.97. The molecule has 5 nitrogen and oxygen atoms in total. The lowest BCUT2D eigenvalue weighted by Gasteiger charge is -2.17. The molecule has 1 aliphatic rings. The Morgan fingerprint density at radius 3 is 2.82 bits per heavy atom. The Balaban J connectivity index is 1.64. The van der Waals surface area contributed by atoms with Crippen molar-refractivity contribution in [2.75, 3.05) is 23.3 Å². The first-order valence-electron chi connectivity index (χ1n) is 6.46. The SMILES string of the molecule is Fc1cccnc1N1CCC(Nc2nnc(C(F)(F)F)s2)C1. The van der Waals surface area contributed by atoms with Crippen molar-refractivity contribution >= 4 is 22.3 Å². The minimum Gasteiger partial charge on any atom is -0.355 e. The van der Waals surface area contributed by atoms with Crippen molar-refractivity contribution in [3.63, 3.8) is 0 Å². The molecule has 0 aliphatic carbocycles. The van der Waals surface area contributed by atoms with Gasteiger partial charge in [0.2, 0.25) is 10.1 Å². The van der Waals surface area contributed by atoms with Gasteiger partial charge in [-0.1, -0.05) is 11.3 Å². The molecule has 2 aromatic heterocycles. The van der Waals surface area contributed by atoms with E-state index in [-0.39, 0.29) is 17.0 Å². The monoisotopic (exact) mass is 333 g/mol. The average Bonchev–Trinajstić information content (AvgIpc) is 3.09. The molecule has 3 rings (SSSR count). The molecule has 1 atom stereocenters. The van der Waals surface area contributed by atoms with Gasteiger partial charge in [-0.15, -0.1) is 10.2 Å². The Labute approximate surface area is 127 Å². The largest absolute Gasteiger partial charge is 0.445 e. The van der Waals surface area contributed by atoms with E-state index in [1.165, 1.54) is 18.3 Å². The van der Waals surface area contributed by atoms with E-state index < -0.39 is 17.0 Å². The molecule has 1 unspecified atom stereocenters. The number of nitrogens with one attached hydrogen (secondary N) is 1. The first-order valence-corrected chi connectivity index (χ1v) is 7.28. The van der Waals surface area contributed by atoms with E-state index in [0.29, 0.717) is 30.8 Å². The standard InChI is InChI=1S/C12H11F4N5S/c13-8-2-1-4-17-9(8)21-5-3-7(6-21)18-11-20-19-10(22-11)12(14,15)16/h1-2,4,7H,3,5-6H2,(H,18,20). The highest BCUT2D eigenvalue weighted by molar-refractivity contribution is 7.15. The summed E-state index contributed by atoms with van der Waals surface area (Å²) in [6.07, 6.45) is -2.34. The summed E-state index contributed by atoms with van der Waals surface area (Å²) in [5, 5.41) is 8.64. The molecule has 10 heteroatoms. The maximum absolute atomic E-state index is 13.7. The van der Waals surface area contributed by atoms with Crippen LogP contribution in [0.3, 0.4) is 0 Å². The van der Waals surface area contributed by atoms with Gasteiger partial charge in [0, 0.05) is 25.3 Å². The van der Waals surface area contributed by atoms with E-state index in [1.54, 1.807) is 4.90 Å². The molecule has 0 amide bonds. The third kappa shape index (κ3) is 3.11. The highest BCUT2D eigenvalue weighted by atomic mass is 32.1. The molecule has 0 bridgehead atoms. The lowest BCUT2D eigenvalue weighted by atomic mass is 10.3. The second-order valence-corrected chi connectivity index (χ2v) is 5.77. The van der Waals surface area contributed by atoms with E-state index in [0.717, 1.165) is 0 Å². The van der Waals surface area contributed by atoms with Crippen LogP contribution in [0.15, 0.2) is 18.3 Å². The number of nitrogens with zero attached hydrogens (tertiary/aromatic N) is 4. The fourth-order valence-electron chi connectivity index (χ4n) is 2.25. The quantitative estimate of drug-likeness (QED) is 0.876. The van der Waals surface area contributed by atoms with Gasteiger partial charge < -0.3 is 10.2 Å². The molecule has 118 valence electrons. The zero-order chi connectivity index (χ0) is 15.7. The van der Waals surface area contributed by atoms with Gasteiger partial charge in [0.1, 0.15) is 0 Å². The van der Waals surface area contributed by atoms with Crippen LogP contribution in [0.5, 0.6) is 0 Å². The van der Waals surface area contributed by atoms with Crippen LogP contribution in [0.2, 0.25) is 0 Å². The van der Waals surface area contributed by atoms with E-state index >= 15 is 0 Å².